The molecule has 4 heterocycles. The highest BCUT2D eigenvalue weighted by molar-refractivity contribution is 5.67. The second-order valence-electron chi connectivity index (χ2n) is 7.97. The van der Waals surface area contributed by atoms with Crippen LogP contribution in [0.5, 0.6) is 5.75 Å². The maximum Gasteiger partial charge on any atom is 0.180 e. The Hall–Kier alpha value is -3.88. The Morgan fingerprint density at radius 3 is 2.76 bits per heavy atom. The SMILES string of the molecule is COc1cc(C=Cc2nc3n(n2)CCCC3c2ccc(F)c(F)c2)cnc1-n1cnc(C)c1. The summed E-state index contributed by atoms with van der Waals surface area (Å²) in [4.78, 5) is 13.4. The van der Waals surface area contributed by atoms with Gasteiger partial charge < -0.3 is 4.74 Å². The van der Waals surface area contributed by atoms with E-state index in [-0.39, 0.29) is 5.92 Å². The third-order valence-electron chi connectivity index (χ3n) is 5.69. The van der Waals surface area contributed by atoms with Crippen molar-refractivity contribution in [3.05, 3.63) is 83.1 Å². The molecule has 1 unspecified atom stereocenters. The van der Waals surface area contributed by atoms with Gasteiger partial charge in [0.1, 0.15) is 12.2 Å². The fourth-order valence-electron chi connectivity index (χ4n) is 4.08. The van der Waals surface area contributed by atoms with Gasteiger partial charge in [-0.3, -0.25) is 4.57 Å². The standard InChI is InChI=1S/C24H22F2N6O/c1-15-13-31(14-28-15)24-21(33-2)10-16(12-27-24)5-8-22-29-23-18(4-3-9-32(23)30-22)17-6-7-19(25)20(26)11-17/h5-8,10-14,18H,3-4,9H2,1-2H3. The molecule has 3 aromatic heterocycles. The molecule has 1 atom stereocenters. The van der Waals surface area contributed by atoms with E-state index in [1.54, 1.807) is 25.7 Å². The molecule has 0 spiro atoms. The molecule has 33 heavy (non-hydrogen) atoms. The van der Waals surface area contributed by atoms with Gasteiger partial charge in [0.15, 0.2) is 29.0 Å². The Bertz CT molecular complexity index is 1340. The average molecular weight is 448 g/mol. The number of imidazole rings is 1. The van der Waals surface area contributed by atoms with Crippen molar-refractivity contribution in [2.75, 3.05) is 7.11 Å². The number of hydrogen-bond donors (Lipinski definition) is 0. The zero-order valence-corrected chi connectivity index (χ0v) is 18.2. The molecule has 5 rings (SSSR count). The lowest BCUT2D eigenvalue weighted by molar-refractivity contribution is 0.410. The van der Waals surface area contributed by atoms with Crippen molar-refractivity contribution in [2.24, 2.45) is 0 Å². The summed E-state index contributed by atoms with van der Waals surface area (Å²) in [7, 11) is 1.60. The first kappa shape index (κ1) is 21.0. The number of nitrogens with zero attached hydrogens (tertiary/aromatic N) is 6. The fraction of sp³-hybridized carbons (Fsp3) is 0.250. The van der Waals surface area contributed by atoms with Crippen LogP contribution in [0.15, 0.2) is 43.0 Å². The highest BCUT2D eigenvalue weighted by Gasteiger charge is 2.26. The van der Waals surface area contributed by atoms with Gasteiger partial charge >= 0.3 is 0 Å². The van der Waals surface area contributed by atoms with Crippen LogP contribution in [0.25, 0.3) is 18.0 Å². The van der Waals surface area contributed by atoms with E-state index in [0.29, 0.717) is 23.0 Å². The van der Waals surface area contributed by atoms with E-state index in [9.17, 15) is 8.78 Å². The summed E-state index contributed by atoms with van der Waals surface area (Å²) in [5.74, 6) is 0.757. The van der Waals surface area contributed by atoms with Crippen LogP contribution in [0.3, 0.4) is 0 Å². The molecule has 1 aliphatic heterocycles. The van der Waals surface area contributed by atoms with Crippen LogP contribution in [-0.2, 0) is 6.54 Å². The van der Waals surface area contributed by atoms with E-state index in [4.69, 9.17) is 4.74 Å². The molecule has 1 aromatic carbocycles. The number of benzene rings is 1. The molecule has 0 aliphatic carbocycles. The second-order valence-corrected chi connectivity index (χ2v) is 7.97. The number of aryl methyl sites for hydroxylation is 2. The summed E-state index contributed by atoms with van der Waals surface area (Å²) in [6.45, 7) is 2.65. The summed E-state index contributed by atoms with van der Waals surface area (Å²) < 4.78 is 36.3. The number of rotatable bonds is 5. The molecule has 0 radical (unpaired) electrons. The summed E-state index contributed by atoms with van der Waals surface area (Å²) in [6, 6.07) is 5.91. The molecule has 0 saturated heterocycles. The smallest absolute Gasteiger partial charge is 0.180 e. The Morgan fingerprint density at radius 2 is 2.00 bits per heavy atom. The molecular weight excluding hydrogens is 426 g/mol. The molecule has 9 heteroatoms. The van der Waals surface area contributed by atoms with Crippen LogP contribution in [0.4, 0.5) is 8.78 Å². The number of aromatic nitrogens is 6. The number of fused-ring (bicyclic) bond motifs is 1. The predicted molar refractivity (Wildman–Crippen MR) is 119 cm³/mol. The van der Waals surface area contributed by atoms with E-state index in [1.807, 2.05) is 40.6 Å². The number of methoxy groups -OCH3 is 1. The van der Waals surface area contributed by atoms with Crippen LogP contribution < -0.4 is 4.74 Å². The minimum absolute atomic E-state index is 0.122. The van der Waals surface area contributed by atoms with E-state index < -0.39 is 11.6 Å². The lowest BCUT2D eigenvalue weighted by atomic mass is 9.91. The summed E-state index contributed by atoms with van der Waals surface area (Å²) in [5.41, 5.74) is 2.42. The number of pyridine rings is 1. The van der Waals surface area contributed by atoms with Gasteiger partial charge in [-0.05, 0) is 61.2 Å². The van der Waals surface area contributed by atoms with Crippen LogP contribution in [0.2, 0.25) is 0 Å². The zero-order chi connectivity index (χ0) is 22.9. The van der Waals surface area contributed by atoms with Crippen molar-refractivity contribution in [3.63, 3.8) is 0 Å². The van der Waals surface area contributed by atoms with Gasteiger partial charge in [0.2, 0.25) is 0 Å². The van der Waals surface area contributed by atoms with Crippen LogP contribution in [0.1, 0.15) is 47.2 Å². The fourth-order valence-corrected chi connectivity index (χ4v) is 4.08. The molecule has 0 amide bonds. The first-order valence-electron chi connectivity index (χ1n) is 10.6. The predicted octanol–water partition coefficient (Wildman–Crippen LogP) is 4.55. The Morgan fingerprint density at radius 1 is 1.12 bits per heavy atom. The monoisotopic (exact) mass is 448 g/mol. The third-order valence-corrected chi connectivity index (χ3v) is 5.69. The number of hydrogen-bond acceptors (Lipinski definition) is 5. The first-order valence-corrected chi connectivity index (χ1v) is 10.6. The second kappa shape index (κ2) is 8.57. The summed E-state index contributed by atoms with van der Waals surface area (Å²) >= 11 is 0. The largest absolute Gasteiger partial charge is 0.493 e. The van der Waals surface area contributed by atoms with Gasteiger partial charge in [-0.1, -0.05) is 6.07 Å². The molecule has 0 fully saturated rings. The van der Waals surface area contributed by atoms with E-state index in [2.05, 4.69) is 20.1 Å². The van der Waals surface area contributed by atoms with Crippen LogP contribution in [-0.4, -0.2) is 36.4 Å². The minimum atomic E-state index is -0.849. The normalized spacial score (nSPS) is 15.7. The Kier molecular flexibility index (Phi) is 5.45. The number of ether oxygens (including phenoxy) is 1. The zero-order valence-electron chi connectivity index (χ0n) is 18.2. The van der Waals surface area contributed by atoms with Crippen molar-refractivity contribution in [2.45, 2.75) is 32.2 Å². The van der Waals surface area contributed by atoms with Crippen molar-refractivity contribution in [1.82, 2.24) is 29.3 Å². The lowest BCUT2D eigenvalue weighted by Crippen LogP contribution is -2.18. The summed E-state index contributed by atoms with van der Waals surface area (Å²) in [6.07, 6.45) is 10.7. The van der Waals surface area contributed by atoms with Crippen molar-refractivity contribution >= 4 is 12.2 Å². The van der Waals surface area contributed by atoms with Crippen molar-refractivity contribution in [1.29, 1.82) is 0 Å². The first-order chi connectivity index (χ1) is 16.0. The average Bonchev–Trinajstić information content (AvgIpc) is 3.45. The molecular formula is C24H22F2N6O. The lowest BCUT2D eigenvalue weighted by Gasteiger charge is -2.22. The molecule has 168 valence electrons. The van der Waals surface area contributed by atoms with Crippen molar-refractivity contribution in [3.8, 4) is 11.6 Å². The third kappa shape index (κ3) is 4.13. The van der Waals surface area contributed by atoms with Crippen molar-refractivity contribution < 1.29 is 13.5 Å². The molecule has 4 aromatic rings. The van der Waals surface area contributed by atoms with Gasteiger partial charge in [0.05, 0.1) is 12.8 Å². The quantitative estimate of drug-likeness (QED) is 0.448. The molecule has 1 aliphatic rings. The molecule has 0 N–H and O–H groups in total. The van der Waals surface area contributed by atoms with Gasteiger partial charge in [-0.15, -0.1) is 0 Å². The van der Waals surface area contributed by atoms with E-state index >= 15 is 0 Å². The highest BCUT2D eigenvalue weighted by atomic mass is 19.2. The van der Waals surface area contributed by atoms with E-state index in [0.717, 1.165) is 42.5 Å². The maximum atomic E-state index is 13.8. The van der Waals surface area contributed by atoms with Crippen LogP contribution >= 0.6 is 0 Å². The molecule has 0 bridgehead atoms. The summed E-state index contributed by atoms with van der Waals surface area (Å²) in [5, 5.41) is 4.58. The number of halogens is 2. The minimum Gasteiger partial charge on any atom is -0.493 e. The maximum absolute atomic E-state index is 13.8. The van der Waals surface area contributed by atoms with Gasteiger partial charge in [0, 0.05) is 24.9 Å². The molecule has 0 saturated carbocycles. The molecule has 7 nitrogen and oxygen atoms in total. The Labute approximate surface area is 189 Å². The Balaban J connectivity index is 1.41. The van der Waals surface area contributed by atoms with Gasteiger partial charge in [-0.2, -0.15) is 5.10 Å². The van der Waals surface area contributed by atoms with Gasteiger partial charge in [0.25, 0.3) is 0 Å². The van der Waals surface area contributed by atoms with E-state index in [1.165, 1.54) is 6.07 Å². The highest BCUT2D eigenvalue weighted by Crippen LogP contribution is 2.33. The van der Waals surface area contributed by atoms with Crippen LogP contribution in [0, 0.1) is 18.6 Å². The van der Waals surface area contributed by atoms with Gasteiger partial charge in [-0.25, -0.2) is 28.4 Å². The topological polar surface area (TPSA) is 70.7 Å².